The molecule has 354 valence electrons. The second-order valence-corrected chi connectivity index (χ2v) is 20.4. The molecule has 3 heterocycles. The highest BCUT2D eigenvalue weighted by molar-refractivity contribution is 6.26. The number of rotatable bonds is 6. The quantitative estimate of drug-likeness (QED) is 0.0769. The van der Waals surface area contributed by atoms with Crippen LogP contribution < -0.4 is 5.32 Å². The van der Waals surface area contributed by atoms with Crippen LogP contribution in [-0.4, -0.2) is 112 Å². The number of hydrogen-bond acceptors (Lipinski definition) is 14. The van der Waals surface area contributed by atoms with Gasteiger partial charge in [0.1, 0.15) is 23.5 Å². The van der Waals surface area contributed by atoms with Crippen molar-refractivity contribution >= 4 is 17.8 Å². The number of aliphatic hydroxyl groups excluding tert-OH is 3. The number of amides is 1. The van der Waals surface area contributed by atoms with Crippen molar-refractivity contribution < 1.29 is 63.0 Å². The molecular formula is C48H68N2O14. The molecule has 4 aliphatic carbocycles. The van der Waals surface area contributed by atoms with E-state index in [0.717, 1.165) is 11.1 Å². The van der Waals surface area contributed by atoms with Crippen LogP contribution in [-0.2, 0) is 38.0 Å². The van der Waals surface area contributed by atoms with Gasteiger partial charge in [-0.1, -0.05) is 69.2 Å². The minimum Gasteiger partial charge on any atom is -0.511 e. The Balaban J connectivity index is 1.34. The number of ether oxygens (including phenoxy) is 6. The predicted molar refractivity (Wildman–Crippen MR) is 232 cm³/mol. The zero-order valence-electron chi connectivity index (χ0n) is 38.9. The fraction of sp³-hybridized carbons (Fsp3) is 0.729. The first-order chi connectivity index (χ1) is 30.0. The van der Waals surface area contributed by atoms with Crippen molar-refractivity contribution in [1.29, 1.82) is 0 Å². The lowest BCUT2D eigenvalue weighted by molar-refractivity contribution is -0.584. The number of nitro groups is 1. The second-order valence-electron chi connectivity index (χ2n) is 20.4. The van der Waals surface area contributed by atoms with Crippen LogP contribution in [0.3, 0.4) is 0 Å². The molecule has 4 fully saturated rings. The van der Waals surface area contributed by atoms with E-state index in [0.29, 0.717) is 12.0 Å². The van der Waals surface area contributed by atoms with Crippen LogP contribution in [0.15, 0.2) is 58.4 Å². The standard InChI is InChI=1S/C48H68N2O14/c1-22-12-15-34(62-36-21-46(9,50(57)58)41(29(8)61-36)49-45(56)59-11)24(3)18-30-17-23(2)27(6)20-48(30)43(54)37(44(55)64-48)42(53)47(10)32(22)14-13-31-38(47)25(4)16-26(5)40(31)63-35-19-33(51)39(52)28(7)60-35/h12-14,17-18,25-36,38-41,51-53H,15-16,19-21H2,1-11H3,(H,49,56)/b22-12+,24-18+,42-37+/t25-,26-,27+,28-,29-,30-,31-,32-,33+,34-,35-,36-,38+,39-,40-,41-,46-,47+,48-/m0/s1. The van der Waals surface area contributed by atoms with Gasteiger partial charge in [-0.2, -0.15) is 0 Å². The van der Waals surface area contributed by atoms with Crippen molar-refractivity contribution in [3.05, 3.63) is 68.5 Å². The van der Waals surface area contributed by atoms with E-state index in [1.165, 1.54) is 14.0 Å². The number of carbonyl (C=O) groups is 3. The Hall–Kier alpha value is -3.93. The molecule has 16 heteroatoms. The van der Waals surface area contributed by atoms with Gasteiger partial charge in [-0.3, -0.25) is 14.9 Å². The molecule has 3 saturated heterocycles. The molecule has 7 aliphatic rings. The summed E-state index contributed by atoms with van der Waals surface area (Å²) in [4.78, 5) is 54.2. The molecule has 1 saturated carbocycles. The van der Waals surface area contributed by atoms with Gasteiger partial charge >= 0.3 is 12.1 Å². The Morgan fingerprint density at radius 2 is 1.58 bits per heavy atom. The average molecular weight is 897 g/mol. The summed E-state index contributed by atoms with van der Waals surface area (Å²) in [5, 5.41) is 49.3. The summed E-state index contributed by atoms with van der Waals surface area (Å²) in [7, 11) is 1.18. The molecule has 64 heavy (non-hydrogen) atoms. The smallest absolute Gasteiger partial charge is 0.407 e. The van der Waals surface area contributed by atoms with E-state index in [1.807, 2.05) is 58.9 Å². The summed E-state index contributed by atoms with van der Waals surface area (Å²) >= 11 is 0. The van der Waals surface area contributed by atoms with Crippen LogP contribution in [0.2, 0.25) is 0 Å². The Morgan fingerprint density at radius 1 is 0.906 bits per heavy atom. The lowest BCUT2D eigenvalue weighted by Gasteiger charge is -2.56. The van der Waals surface area contributed by atoms with Gasteiger partial charge in [0.25, 0.3) is 0 Å². The number of nitrogens with zero attached hydrogens (tertiary/aromatic N) is 1. The molecule has 0 aromatic carbocycles. The first kappa shape index (κ1) is 48.0. The van der Waals surface area contributed by atoms with E-state index in [-0.39, 0.29) is 66.6 Å². The van der Waals surface area contributed by atoms with E-state index >= 15 is 4.79 Å². The number of carbonyl (C=O) groups excluding carboxylic acids is 3. The summed E-state index contributed by atoms with van der Waals surface area (Å²) in [5.74, 6) is -3.87. The first-order valence-electron chi connectivity index (χ1n) is 22.9. The molecule has 1 spiro atoms. The van der Waals surface area contributed by atoms with Gasteiger partial charge in [0, 0.05) is 47.9 Å². The van der Waals surface area contributed by atoms with Gasteiger partial charge in [0.05, 0.1) is 44.1 Å². The van der Waals surface area contributed by atoms with Crippen LogP contribution in [0.25, 0.3) is 0 Å². The molecule has 16 nitrogen and oxygen atoms in total. The molecule has 3 aliphatic heterocycles. The van der Waals surface area contributed by atoms with E-state index in [2.05, 4.69) is 25.2 Å². The van der Waals surface area contributed by atoms with Gasteiger partial charge in [-0.25, -0.2) is 9.59 Å². The van der Waals surface area contributed by atoms with E-state index in [9.17, 15) is 35.0 Å². The third-order valence-corrected chi connectivity index (χ3v) is 16.1. The summed E-state index contributed by atoms with van der Waals surface area (Å²) in [6.45, 7) is 18.7. The Bertz CT molecular complexity index is 2030. The molecule has 0 radical (unpaired) electrons. The highest BCUT2D eigenvalue weighted by Gasteiger charge is 2.64. The zero-order chi connectivity index (χ0) is 47.0. The third-order valence-electron chi connectivity index (χ3n) is 16.1. The Kier molecular flexibility index (Phi) is 13.3. The first-order valence-corrected chi connectivity index (χ1v) is 22.9. The number of hydrogen-bond donors (Lipinski definition) is 4. The Labute approximate surface area is 375 Å². The Morgan fingerprint density at radius 3 is 2.23 bits per heavy atom. The minimum atomic E-state index is -1.69. The van der Waals surface area contributed by atoms with Crippen molar-refractivity contribution in [2.24, 2.45) is 46.8 Å². The van der Waals surface area contributed by atoms with Crippen LogP contribution in [0, 0.1) is 57.0 Å². The number of fused-ring (bicyclic) bond motifs is 4. The number of aliphatic hydroxyl groups is 3. The van der Waals surface area contributed by atoms with Gasteiger partial charge < -0.3 is 49.1 Å². The highest BCUT2D eigenvalue weighted by atomic mass is 16.7. The van der Waals surface area contributed by atoms with E-state index < -0.39 is 106 Å². The zero-order valence-corrected chi connectivity index (χ0v) is 38.9. The maximum absolute atomic E-state index is 15.3. The molecule has 19 atom stereocenters. The van der Waals surface area contributed by atoms with Crippen LogP contribution in [0.4, 0.5) is 4.79 Å². The summed E-state index contributed by atoms with van der Waals surface area (Å²) in [6.07, 6.45) is 3.53. The molecular weight excluding hydrogens is 829 g/mol. The number of alkyl carbamates (subject to hydrolysis) is 1. The minimum absolute atomic E-state index is 0.0198. The lowest BCUT2D eigenvalue weighted by Crippen LogP contribution is -2.65. The monoisotopic (exact) mass is 896 g/mol. The molecule has 0 unspecified atom stereocenters. The maximum atomic E-state index is 15.3. The maximum Gasteiger partial charge on any atom is 0.407 e. The lowest BCUT2D eigenvalue weighted by atomic mass is 9.49. The predicted octanol–water partition coefficient (Wildman–Crippen LogP) is 6.18. The van der Waals surface area contributed by atoms with Crippen molar-refractivity contribution in [1.82, 2.24) is 5.32 Å². The second kappa shape index (κ2) is 17.7. The molecule has 7 rings (SSSR count). The normalized spacial score (nSPS) is 48.8. The van der Waals surface area contributed by atoms with Crippen molar-refractivity contribution in [2.45, 2.75) is 168 Å². The summed E-state index contributed by atoms with van der Waals surface area (Å²) < 4.78 is 36.9. The number of methoxy groups -OCH3 is 1. The van der Waals surface area contributed by atoms with Crippen molar-refractivity contribution in [3.63, 3.8) is 0 Å². The van der Waals surface area contributed by atoms with Crippen LogP contribution >= 0.6 is 0 Å². The molecule has 0 aromatic heterocycles. The SMILES string of the molecule is COC(=O)N[C@H]1[C@H](C)O[C@@H](O[C@H]2C/C=C(\C)[C@@H]3C=C[C@@H]4[C@@H](O[C@H]5C[C@@H](O)[C@@H](O)[C@H](C)O5)[C@@H](C)C[C@H](C)[C@H]4[C@]3(C)/C(O)=C3\C(=O)O[C@]4(C[C@@H](C)C(C)=C[C@H]4/C=C/2C)C3=O)C[C@]1(C)[N+](=O)[O-]. The molecule has 1 amide bonds. The molecule has 0 aromatic rings. The van der Waals surface area contributed by atoms with Crippen LogP contribution in [0.5, 0.6) is 0 Å². The fourth-order valence-electron chi connectivity index (χ4n) is 12.5. The summed E-state index contributed by atoms with van der Waals surface area (Å²) in [5.41, 5.74) is -2.43. The number of esters is 1. The van der Waals surface area contributed by atoms with Crippen LogP contribution in [0.1, 0.15) is 101 Å². The highest BCUT2D eigenvalue weighted by Crippen LogP contribution is 2.61. The van der Waals surface area contributed by atoms with Gasteiger partial charge in [-0.15, -0.1) is 0 Å². The fourth-order valence-corrected chi connectivity index (χ4v) is 12.5. The van der Waals surface area contributed by atoms with E-state index in [1.54, 1.807) is 13.8 Å². The van der Waals surface area contributed by atoms with Gasteiger partial charge in [0.15, 0.2) is 18.2 Å². The topological polar surface area (TPSA) is 222 Å². The number of nitrogens with one attached hydrogen (secondary N) is 1. The average Bonchev–Trinajstić information content (AvgIpc) is 3.47. The number of ketones is 1. The number of allylic oxidation sites excluding steroid dienone is 4. The molecule has 4 N–H and O–H groups in total. The van der Waals surface area contributed by atoms with Crippen molar-refractivity contribution in [3.8, 4) is 0 Å². The van der Waals surface area contributed by atoms with Crippen molar-refractivity contribution in [2.75, 3.05) is 7.11 Å². The molecule has 2 bridgehead atoms. The summed E-state index contributed by atoms with van der Waals surface area (Å²) in [6, 6.07) is -1.03. The largest absolute Gasteiger partial charge is 0.511 e. The van der Waals surface area contributed by atoms with Gasteiger partial charge in [0.2, 0.25) is 11.3 Å². The number of Topliss-reactive ketones (excluding diaryl/α,β-unsaturated/α-hetero) is 1. The third kappa shape index (κ3) is 8.07. The van der Waals surface area contributed by atoms with E-state index in [4.69, 9.17) is 28.4 Å². The van der Waals surface area contributed by atoms with Gasteiger partial charge in [-0.05, 0) is 76.7 Å².